The quantitative estimate of drug-likeness (QED) is 0.866. The van der Waals surface area contributed by atoms with Gasteiger partial charge < -0.3 is 5.32 Å². The number of nitrogens with one attached hydrogen (secondary N) is 1. The fraction of sp³-hybridized carbons (Fsp3) is 0.312. The molecule has 0 spiro atoms. The first kappa shape index (κ1) is 13.8. The Morgan fingerprint density at radius 2 is 1.95 bits per heavy atom. The van der Waals surface area contributed by atoms with Crippen LogP contribution in [0.25, 0.3) is 0 Å². The van der Waals surface area contributed by atoms with Gasteiger partial charge in [0.05, 0.1) is 11.6 Å². The zero-order valence-corrected chi connectivity index (χ0v) is 12.1. The molecule has 1 atom stereocenters. The number of rotatable bonds is 5. The van der Waals surface area contributed by atoms with Crippen LogP contribution in [0.4, 0.5) is 0 Å². The van der Waals surface area contributed by atoms with Crippen LogP contribution in [0.15, 0.2) is 47.2 Å². The molecule has 0 bridgehead atoms. The summed E-state index contributed by atoms with van der Waals surface area (Å²) in [6.07, 6.45) is 0.944. The molecule has 2 nitrogen and oxygen atoms in total. The van der Waals surface area contributed by atoms with Crippen LogP contribution in [0, 0.1) is 5.92 Å². The zero-order chi connectivity index (χ0) is 13.7. The smallest absolute Gasteiger partial charge is 0.252 e. The van der Waals surface area contributed by atoms with Crippen LogP contribution < -0.4 is 5.32 Å². The average molecular weight is 273 g/mol. The topological polar surface area (TPSA) is 29.1 Å². The number of carbonyl (C=O) groups excluding carboxylic acids is 1. The third-order valence-corrected chi connectivity index (χ3v) is 3.68. The Labute approximate surface area is 118 Å². The molecule has 100 valence electrons. The van der Waals surface area contributed by atoms with Crippen molar-refractivity contribution in [1.29, 1.82) is 0 Å². The van der Waals surface area contributed by atoms with E-state index in [1.54, 1.807) is 11.3 Å². The first-order valence-electron chi connectivity index (χ1n) is 6.55. The molecular formula is C16H19NOS. The van der Waals surface area contributed by atoms with Crippen molar-refractivity contribution >= 4 is 17.2 Å². The summed E-state index contributed by atoms with van der Waals surface area (Å²) < 4.78 is 0. The predicted octanol–water partition coefficient (Wildman–Crippen LogP) is 4.27. The van der Waals surface area contributed by atoms with Crippen molar-refractivity contribution in [1.82, 2.24) is 5.32 Å². The highest BCUT2D eigenvalue weighted by Crippen LogP contribution is 2.21. The van der Waals surface area contributed by atoms with E-state index in [1.165, 1.54) is 5.56 Å². The minimum Gasteiger partial charge on any atom is -0.345 e. The minimum absolute atomic E-state index is 0.00996. The number of hydrogen-bond acceptors (Lipinski definition) is 2. The monoisotopic (exact) mass is 273 g/mol. The van der Waals surface area contributed by atoms with Crippen molar-refractivity contribution in [3.05, 3.63) is 58.3 Å². The lowest BCUT2D eigenvalue weighted by molar-refractivity contribution is 0.0932. The van der Waals surface area contributed by atoms with E-state index in [-0.39, 0.29) is 11.9 Å². The Morgan fingerprint density at radius 3 is 2.53 bits per heavy atom. The number of benzene rings is 1. The van der Waals surface area contributed by atoms with Gasteiger partial charge in [0, 0.05) is 5.38 Å². The maximum Gasteiger partial charge on any atom is 0.252 e. The first-order valence-corrected chi connectivity index (χ1v) is 7.49. The van der Waals surface area contributed by atoms with E-state index in [0.717, 1.165) is 12.0 Å². The van der Waals surface area contributed by atoms with Gasteiger partial charge in [-0.25, -0.2) is 0 Å². The van der Waals surface area contributed by atoms with Gasteiger partial charge in [-0.3, -0.25) is 4.79 Å². The van der Waals surface area contributed by atoms with Crippen LogP contribution in [0.5, 0.6) is 0 Å². The second-order valence-corrected chi connectivity index (χ2v) is 5.86. The average Bonchev–Trinajstić information content (AvgIpc) is 2.92. The Kier molecular flexibility index (Phi) is 4.74. The van der Waals surface area contributed by atoms with Crippen LogP contribution in [0.2, 0.25) is 0 Å². The fourth-order valence-corrected chi connectivity index (χ4v) is 2.71. The molecule has 1 aromatic carbocycles. The summed E-state index contributed by atoms with van der Waals surface area (Å²) in [6.45, 7) is 4.35. The van der Waals surface area contributed by atoms with Crippen molar-refractivity contribution in [3.8, 4) is 0 Å². The highest BCUT2D eigenvalue weighted by Gasteiger charge is 2.17. The summed E-state index contributed by atoms with van der Waals surface area (Å²) in [5.41, 5.74) is 1.91. The van der Waals surface area contributed by atoms with E-state index in [1.807, 2.05) is 35.0 Å². The Bertz CT molecular complexity index is 505. The van der Waals surface area contributed by atoms with Crippen molar-refractivity contribution in [2.45, 2.75) is 26.3 Å². The van der Waals surface area contributed by atoms with Gasteiger partial charge in [-0.2, -0.15) is 11.3 Å². The summed E-state index contributed by atoms with van der Waals surface area (Å²) in [4.78, 5) is 12.2. The molecule has 0 saturated heterocycles. The normalized spacial score (nSPS) is 12.4. The summed E-state index contributed by atoms with van der Waals surface area (Å²) in [6, 6.07) is 12.1. The highest BCUT2D eigenvalue weighted by molar-refractivity contribution is 7.08. The van der Waals surface area contributed by atoms with Gasteiger partial charge in [0.25, 0.3) is 5.91 Å². The van der Waals surface area contributed by atoms with Gasteiger partial charge in [-0.15, -0.1) is 0 Å². The van der Waals surface area contributed by atoms with Gasteiger partial charge in [-0.1, -0.05) is 44.2 Å². The molecule has 2 rings (SSSR count). The van der Waals surface area contributed by atoms with Crippen LogP contribution in [0.1, 0.15) is 42.2 Å². The summed E-state index contributed by atoms with van der Waals surface area (Å²) in [5.74, 6) is 0.545. The molecule has 0 fully saturated rings. The molecule has 1 N–H and O–H groups in total. The molecule has 0 saturated carbocycles. The lowest BCUT2D eigenvalue weighted by Gasteiger charge is -2.21. The van der Waals surface area contributed by atoms with Crippen molar-refractivity contribution in [2.75, 3.05) is 0 Å². The molecule has 0 radical (unpaired) electrons. The van der Waals surface area contributed by atoms with E-state index in [2.05, 4.69) is 31.3 Å². The maximum absolute atomic E-state index is 12.2. The molecule has 0 aliphatic carbocycles. The standard InChI is InChI=1S/C16H19NOS/c1-12(2)10-15(13-6-4-3-5-7-13)17-16(18)14-8-9-19-11-14/h3-9,11-12,15H,10H2,1-2H3,(H,17,18)/t15-/m0/s1. The lowest BCUT2D eigenvalue weighted by Crippen LogP contribution is -2.29. The van der Waals surface area contributed by atoms with Crippen molar-refractivity contribution in [2.24, 2.45) is 5.92 Å². The second-order valence-electron chi connectivity index (χ2n) is 5.08. The van der Waals surface area contributed by atoms with Crippen LogP contribution >= 0.6 is 11.3 Å². The molecule has 3 heteroatoms. The SMILES string of the molecule is CC(C)C[C@H](NC(=O)c1ccsc1)c1ccccc1. The number of thiophene rings is 1. The number of hydrogen-bond donors (Lipinski definition) is 1. The van der Waals surface area contributed by atoms with Crippen molar-refractivity contribution in [3.63, 3.8) is 0 Å². The van der Waals surface area contributed by atoms with Crippen LogP contribution in [0.3, 0.4) is 0 Å². The minimum atomic E-state index is 0.00996. The predicted molar refractivity (Wildman–Crippen MR) is 80.4 cm³/mol. The molecule has 0 aliphatic heterocycles. The summed E-state index contributed by atoms with van der Waals surface area (Å²) >= 11 is 1.54. The molecule has 1 amide bonds. The zero-order valence-electron chi connectivity index (χ0n) is 11.3. The van der Waals surface area contributed by atoms with E-state index in [4.69, 9.17) is 0 Å². The van der Waals surface area contributed by atoms with Gasteiger partial charge in [0.1, 0.15) is 0 Å². The van der Waals surface area contributed by atoms with E-state index in [9.17, 15) is 4.79 Å². The van der Waals surface area contributed by atoms with E-state index >= 15 is 0 Å². The van der Waals surface area contributed by atoms with E-state index < -0.39 is 0 Å². The second kappa shape index (κ2) is 6.53. The van der Waals surface area contributed by atoms with Gasteiger partial charge in [0.2, 0.25) is 0 Å². The molecule has 19 heavy (non-hydrogen) atoms. The van der Waals surface area contributed by atoms with Gasteiger partial charge in [-0.05, 0) is 29.3 Å². The first-order chi connectivity index (χ1) is 9.16. The molecule has 0 unspecified atom stereocenters. The van der Waals surface area contributed by atoms with Gasteiger partial charge in [0.15, 0.2) is 0 Å². The summed E-state index contributed by atoms with van der Waals surface area (Å²) in [7, 11) is 0. The number of carbonyl (C=O) groups is 1. The van der Waals surface area contributed by atoms with Gasteiger partial charge >= 0.3 is 0 Å². The largest absolute Gasteiger partial charge is 0.345 e. The van der Waals surface area contributed by atoms with Crippen molar-refractivity contribution < 1.29 is 4.79 Å². The van der Waals surface area contributed by atoms with E-state index in [0.29, 0.717) is 5.92 Å². The lowest BCUT2D eigenvalue weighted by atomic mass is 9.97. The molecule has 1 heterocycles. The van der Waals surface area contributed by atoms with Crippen LogP contribution in [-0.2, 0) is 0 Å². The number of amides is 1. The molecular weight excluding hydrogens is 254 g/mol. The third kappa shape index (κ3) is 3.93. The molecule has 2 aromatic rings. The Hall–Kier alpha value is -1.61. The molecule has 1 aromatic heterocycles. The third-order valence-electron chi connectivity index (χ3n) is 3.00. The Morgan fingerprint density at radius 1 is 1.21 bits per heavy atom. The van der Waals surface area contributed by atoms with Crippen LogP contribution in [-0.4, -0.2) is 5.91 Å². The fourth-order valence-electron chi connectivity index (χ4n) is 2.07. The Balaban J connectivity index is 2.13. The molecule has 0 aliphatic rings. The maximum atomic E-state index is 12.2. The summed E-state index contributed by atoms with van der Waals surface area (Å²) in [5, 5.41) is 6.94. The highest BCUT2D eigenvalue weighted by atomic mass is 32.1.